The fraction of sp³-hybridized carbons (Fsp3) is 0.143. The van der Waals surface area contributed by atoms with E-state index >= 15 is 0 Å². The van der Waals surface area contributed by atoms with E-state index in [1.165, 1.54) is 0 Å². The highest BCUT2D eigenvalue weighted by atomic mass is 79.9. The first-order valence-corrected chi connectivity index (χ1v) is 6.81. The van der Waals surface area contributed by atoms with Crippen molar-refractivity contribution in [3.05, 3.63) is 51.6 Å². The highest BCUT2D eigenvalue weighted by Crippen LogP contribution is 2.30. The summed E-state index contributed by atoms with van der Waals surface area (Å²) < 4.78 is 14.3. The van der Waals surface area contributed by atoms with Crippen LogP contribution in [-0.4, -0.2) is 20.3 Å². The van der Waals surface area contributed by atoms with E-state index in [2.05, 4.69) is 31.1 Å². The van der Waals surface area contributed by atoms with E-state index in [4.69, 9.17) is 0 Å². The van der Waals surface area contributed by atoms with Crippen molar-refractivity contribution in [2.24, 2.45) is 0 Å². The van der Waals surface area contributed by atoms with Gasteiger partial charge in [-0.25, -0.2) is 4.39 Å². The third-order valence-corrected chi connectivity index (χ3v) is 3.90. The molecule has 2 heterocycles. The van der Waals surface area contributed by atoms with E-state index in [0.29, 0.717) is 16.5 Å². The Morgan fingerprint density at radius 1 is 1.35 bits per heavy atom. The average Bonchev–Trinajstić information content (AvgIpc) is 2.84. The van der Waals surface area contributed by atoms with Crippen molar-refractivity contribution in [3.63, 3.8) is 0 Å². The minimum Gasteiger partial charge on any atom is -0.504 e. The monoisotopic (exact) mass is 335 g/mol. The van der Waals surface area contributed by atoms with Crippen molar-refractivity contribution in [1.82, 2.24) is 15.2 Å². The average molecular weight is 336 g/mol. The largest absolute Gasteiger partial charge is 0.504 e. The summed E-state index contributed by atoms with van der Waals surface area (Å²) in [7, 11) is 0. The highest BCUT2D eigenvalue weighted by Gasteiger charge is 2.14. The molecule has 1 aromatic carbocycles. The molecule has 0 aliphatic heterocycles. The summed E-state index contributed by atoms with van der Waals surface area (Å²) in [4.78, 5) is 4.18. The number of aromatic nitrogens is 3. The number of aryl methyl sites for hydroxylation is 1. The van der Waals surface area contributed by atoms with Gasteiger partial charge in [0.25, 0.3) is 0 Å². The number of H-pyrrole nitrogens is 1. The Bertz CT molecular complexity index is 800. The minimum atomic E-state index is -0.624. The quantitative estimate of drug-likeness (QED) is 0.753. The number of hydrogen-bond donors (Lipinski definition) is 2. The number of aromatic amines is 1. The van der Waals surface area contributed by atoms with Crippen LogP contribution in [0.2, 0.25) is 0 Å². The first kappa shape index (κ1) is 13.1. The van der Waals surface area contributed by atoms with E-state index in [9.17, 15) is 9.50 Å². The molecule has 0 unspecified atom stereocenters. The van der Waals surface area contributed by atoms with Crippen LogP contribution in [0.25, 0.3) is 10.9 Å². The van der Waals surface area contributed by atoms with Gasteiger partial charge in [-0.3, -0.25) is 10.1 Å². The lowest BCUT2D eigenvalue weighted by atomic mass is 10.1. The summed E-state index contributed by atoms with van der Waals surface area (Å²) in [5, 5.41) is 17.7. The van der Waals surface area contributed by atoms with Gasteiger partial charge < -0.3 is 5.11 Å². The number of benzene rings is 1. The van der Waals surface area contributed by atoms with Crippen LogP contribution in [0.5, 0.6) is 5.75 Å². The molecule has 20 heavy (non-hydrogen) atoms. The molecule has 0 saturated heterocycles. The van der Waals surface area contributed by atoms with Gasteiger partial charge in [-0.1, -0.05) is 6.07 Å². The fourth-order valence-corrected chi connectivity index (χ4v) is 2.47. The van der Waals surface area contributed by atoms with Crippen LogP contribution >= 0.6 is 15.9 Å². The summed E-state index contributed by atoms with van der Waals surface area (Å²) in [5.74, 6) is -0.999. The van der Waals surface area contributed by atoms with Gasteiger partial charge in [0.05, 0.1) is 21.4 Å². The van der Waals surface area contributed by atoms with Crippen LogP contribution in [-0.2, 0) is 6.42 Å². The zero-order chi connectivity index (χ0) is 14.3. The third-order valence-electron chi connectivity index (χ3n) is 3.26. The predicted octanol–water partition coefficient (Wildman–Crippen LogP) is 3.46. The van der Waals surface area contributed by atoms with Gasteiger partial charge in [-0.15, -0.1) is 0 Å². The summed E-state index contributed by atoms with van der Waals surface area (Å²) in [5.41, 5.74) is 2.82. The van der Waals surface area contributed by atoms with Crippen molar-refractivity contribution in [2.45, 2.75) is 13.3 Å². The number of hydrogen-bond acceptors (Lipinski definition) is 3. The van der Waals surface area contributed by atoms with Crippen molar-refractivity contribution in [1.29, 1.82) is 0 Å². The molecular formula is C14H11BrFN3O. The van der Waals surface area contributed by atoms with Gasteiger partial charge >= 0.3 is 0 Å². The molecule has 0 aliphatic rings. The van der Waals surface area contributed by atoms with Crippen LogP contribution in [0.3, 0.4) is 0 Å². The lowest BCUT2D eigenvalue weighted by molar-refractivity contribution is 0.426. The Hall–Kier alpha value is -1.95. The summed E-state index contributed by atoms with van der Waals surface area (Å²) in [6, 6.07) is 5.10. The Kier molecular flexibility index (Phi) is 3.17. The maximum atomic E-state index is 14.0. The number of fused-ring (bicyclic) bond motifs is 1. The number of rotatable bonds is 2. The van der Waals surface area contributed by atoms with Crippen LogP contribution in [0, 0.1) is 12.7 Å². The molecule has 0 atom stereocenters. The Morgan fingerprint density at radius 2 is 2.15 bits per heavy atom. The summed E-state index contributed by atoms with van der Waals surface area (Å²) >= 11 is 3.09. The van der Waals surface area contributed by atoms with E-state index in [0.717, 1.165) is 22.3 Å². The van der Waals surface area contributed by atoms with Crippen molar-refractivity contribution in [2.75, 3.05) is 0 Å². The number of nitrogens with one attached hydrogen (secondary N) is 1. The first-order chi connectivity index (χ1) is 9.58. The zero-order valence-electron chi connectivity index (χ0n) is 10.6. The van der Waals surface area contributed by atoms with Gasteiger partial charge in [0.1, 0.15) is 0 Å². The number of aromatic hydroxyl groups is 1. The van der Waals surface area contributed by atoms with Crippen LogP contribution < -0.4 is 0 Å². The van der Waals surface area contributed by atoms with Gasteiger partial charge in [-0.2, -0.15) is 5.10 Å². The van der Waals surface area contributed by atoms with Crippen LogP contribution in [0.15, 0.2) is 28.9 Å². The van der Waals surface area contributed by atoms with E-state index in [1.807, 2.05) is 13.0 Å². The molecule has 0 radical (unpaired) electrons. The Balaban J connectivity index is 2.06. The normalized spacial score (nSPS) is 11.2. The van der Waals surface area contributed by atoms with Crippen LogP contribution in [0.1, 0.15) is 17.0 Å². The molecule has 0 fully saturated rings. The van der Waals surface area contributed by atoms with E-state index < -0.39 is 5.82 Å². The summed E-state index contributed by atoms with van der Waals surface area (Å²) in [6.45, 7) is 1.89. The van der Waals surface area contributed by atoms with Gasteiger partial charge in [0, 0.05) is 18.0 Å². The topological polar surface area (TPSA) is 61.8 Å². The molecular weight excluding hydrogens is 325 g/mol. The molecule has 3 aromatic rings. The highest BCUT2D eigenvalue weighted by molar-refractivity contribution is 9.10. The molecule has 3 rings (SSSR count). The second-order valence-electron chi connectivity index (χ2n) is 4.54. The number of phenolic OH excluding ortho intramolecular Hbond substituents is 1. The SMILES string of the molecule is Cc1nccc2c(Cc3ccc(Br)c(O)c3F)n[nH]c12. The fourth-order valence-electron chi connectivity index (χ4n) is 2.17. The third kappa shape index (κ3) is 2.06. The first-order valence-electron chi connectivity index (χ1n) is 6.02. The summed E-state index contributed by atoms with van der Waals surface area (Å²) in [6.07, 6.45) is 2.00. The lowest BCUT2D eigenvalue weighted by Gasteiger charge is -2.05. The molecule has 6 heteroatoms. The van der Waals surface area contributed by atoms with E-state index in [-0.39, 0.29) is 5.75 Å². The smallest absolute Gasteiger partial charge is 0.169 e. The Labute approximate surface area is 122 Å². The molecule has 0 saturated carbocycles. The van der Waals surface area contributed by atoms with Crippen LogP contribution in [0.4, 0.5) is 4.39 Å². The lowest BCUT2D eigenvalue weighted by Crippen LogP contribution is -1.94. The predicted molar refractivity (Wildman–Crippen MR) is 77.2 cm³/mol. The zero-order valence-corrected chi connectivity index (χ0v) is 12.2. The minimum absolute atomic E-state index is 0.302. The van der Waals surface area contributed by atoms with Crippen molar-refractivity contribution in [3.8, 4) is 5.75 Å². The maximum Gasteiger partial charge on any atom is 0.169 e. The molecule has 0 bridgehead atoms. The van der Waals surface area contributed by atoms with Gasteiger partial charge in [0.15, 0.2) is 11.6 Å². The van der Waals surface area contributed by atoms with Crippen molar-refractivity contribution >= 4 is 26.8 Å². The molecule has 0 aliphatic carbocycles. The number of phenols is 1. The second kappa shape index (κ2) is 4.86. The number of halogens is 2. The van der Waals surface area contributed by atoms with Gasteiger partial charge in [-0.05, 0) is 40.5 Å². The van der Waals surface area contributed by atoms with Gasteiger partial charge in [0.2, 0.25) is 0 Å². The maximum absolute atomic E-state index is 14.0. The molecule has 2 N–H and O–H groups in total. The molecule has 102 valence electrons. The molecule has 0 amide bonds. The van der Waals surface area contributed by atoms with Crippen molar-refractivity contribution < 1.29 is 9.50 Å². The second-order valence-corrected chi connectivity index (χ2v) is 5.39. The number of nitrogens with zero attached hydrogens (tertiary/aromatic N) is 2. The molecule has 2 aromatic heterocycles. The standard InChI is InChI=1S/C14H11BrFN3O/c1-7-13-9(4-5-17-7)11(18-19-13)6-8-2-3-10(15)14(20)12(8)16/h2-5,20H,6H2,1H3,(H,18,19). The number of pyridine rings is 1. The Morgan fingerprint density at radius 3 is 2.95 bits per heavy atom. The van der Waals surface area contributed by atoms with E-state index in [1.54, 1.807) is 18.3 Å². The molecule has 4 nitrogen and oxygen atoms in total. The molecule has 0 spiro atoms.